The molecule has 2 aliphatic carbocycles. The van der Waals surface area contributed by atoms with Crippen molar-refractivity contribution in [1.29, 1.82) is 5.26 Å². The molecule has 90 valence electrons. The predicted octanol–water partition coefficient (Wildman–Crippen LogP) is 3.38. The molecule has 2 fully saturated rings. The minimum absolute atomic E-state index is 0.689. The van der Waals surface area contributed by atoms with Gasteiger partial charge in [0, 0.05) is 18.5 Å². The van der Waals surface area contributed by atoms with Crippen molar-refractivity contribution in [3.8, 4) is 6.07 Å². The number of hydrogen-bond donors (Lipinski definition) is 1. The van der Waals surface area contributed by atoms with Gasteiger partial charge in [0.25, 0.3) is 0 Å². The molecule has 0 aromatic carbocycles. The van der Waals surface area contributed by atoms with E-state index in [1.54, 1.807) is 0 Å². The fraction of sp³-hybridized carbons (Fsp3) is 0.929. The maximum Gasteiger partial charge on any atom is 0.0624 e. The van der Waals surface area contributed by atoms with Crippen LogP contribution < -0.4 is 5.32 Å². The van der Waals surface area contributed by atoms with Gasteiger partial charge in [-0.1, -0.05) is 19.3 Å². The first-order valence-electron chi connectivity index (χ1n) is 7.01. The Labute approximate surface area is 99.4 Å². The lowest BCUT2D eigenvalue weighted by molar-refractivity contribution is 0.253. The van der Waals surface area contributed by atoms with E-state index in [9.17, 15) is 0 Å². The van der Waals surface area contributed by atoms with Gasteiger partial charge in [0.2, 0.25) is 0 Å². The Hall–Kier alpha value is -0.550. The number of nitriles is 1. The molecule has 2 rings (SSSR count). The van der Waals surface area contributed by atoms with Crippen LogP contribution in [0.5, 0.6) is 0 Å². The average Bonchev–Trinajstić information content (AvgIpc) is 2.33. The van der Waals surface area contributed by atoms with Crippen LogP contribution in [-0.4, -0.2) is 12.1 Å². The minimum atomic E-state index is 0.689. The molecule has 0 spiro atoms. The SMILES string of the molecule is N#CCC1CCC(NC2CCCCC2)CC1. The van der Waals surface area contributed by atoms with Gasteiger partial charge in [-0.25, -0.2) is 0 Å². The van der Waals surface area contributed by atoms with E-state index in [-0.39, 0.29) is 0 Å². The lowest BCUT2D eigenvalue weighted by Crippen LogP contribution is -2.41. The molecule has 0 unspecified atom stereocenters. The quantitative estimate of drug-likeness (QED) is 0.791. The van der Waals surface area contributed by atoms with Crippen molar-refractivity contribution in [2.45, 2.75) is 76.3 Å². The van der Waals surface area contributed by atoms with Crippen LogP contribution in [0.3, 0.4) is 0 Å². The molecule has 2 aliphatic rings. The highest BCUT2D eigenvalue weighted by Gasteiger charge is 2.23. The van der Waals surface area contributed by atoms with E-state index in [0.29, 0.717) is 5.92 Å². The van der Waals surface area contributed by atoms with Crippen molar-refractivity contribution in [2.75, 3.05) is 0 Å². The second-order valence-electron chi connectivity index (χ2n) is 5.58. The normalized spacial score (nSPS) is 32.2. The van der Waals surface area contributed by atoms with Crippen LogP contribution in [0.25, 0.3) is 0 Å². The van der Waals surface area contributed by atoms with Crippen molar-refractivity contribution in [1.82, 2.24) is 5.32 Å². The maximum absolute atomic E-state index is 8.68. The van der Waals surface area contributed by atoms with Gasteiger partial charge in [-0.15, -0.1) is 0 Å². The van der Waals surface area contributed by atoms with Crippen LogP contribution in [0.1, 0.15) is 64.2 Å². The van der Waals surface area contributed by atoms with Gasteiger partial charge in [-0.2, -0.15) is 5.26 Å². The van der Waals surface area contributed by atoms with Gasteiger partial charge < -0.3 is 5.32 Å². The summed E-state index contributed by atoms with van der Waals surface area (Å²) in [5, 5.41) is 12.5. The molecule has 0 aliphatic heterocycles. The Balaban J connectivity index is 1.66. The average molecular weight is 220 g/mol. The maximum atomic E-state index is 8.68. The standard InChI is InChI=1S/C14H24N2/c15-11-10-12-6-8-14(9-7-12)16-13-4-2-1-3-5-13/h12-14,16H,1-10H2. The van der Waals surface area contributed by atoms with Gasteiger partial charge in [-0.3, -0.25) is 0 Å². The highest BCUT2D eigenvalue weighted by molar-refractivity contribution is 4.85. The topological polar surface area (TPSA) is 35.8 Å². The number of hydrogen-bond acceptors (Lipinski definition) is 2. The van der Waals surface area contributed by atoms with E-state index in [0.717, 1.165) is 18.5 Å². The zero-order chi connectivity index (χ0) is 11.2. The molecule has 1 N–H and O–H groups in total. The van der Waals surface area contributed by atoms with Crippen LogP contribution in [0.15, 0.2) is 0 Å². The molecule has 0 bridgehead atoms. The van der Waals surface area contributed by atoms with Crippen LogP contribution >= 0.6 is 0 Å². The molecule has 16 heavy (non-hydrogen) atoms. The summed E-state index contributed by atoms with van der Waals surface area (Å²) in [5.74, 6) is 0.689. The molecule has 2 nitrogen and oxygen atoms in total. The van der Waals surface area contributed by atoms with Gasteiger partial charge >= 0.3 is 0 Å². The summed E-state index contributed by atoms with van der Waals surface area (Å²) in [7, 11) is 0. The van der Waals surface area contributed by atoms with E-state index in [4.69, 9.17) is 5.26 Å². The molecule has 0 aromatic rings. The zero-order valence-corrected chi connectivity index (χ0v) is 10.3. The number of nitrogens with one attached hydrogen (secondary N) is 1. The Morgan fingerprint density at radius 1 is 0.875 bits per heavy atom. The van der Waals surface area contributed by atoms with E-state index < -0.39 is 0 Å². The fourth-order valence-corrected chi connectivity index (χ4v) is 3.26. The van der Waals surface area contributed by atoms with Crippen LogP contribution in [0, 0.1) is 17.2 Å². The molecular weight excluding hydrogens is 196 g/mol. The summed E-state index contributed by atoms with van der Waals surface area (Å²) in [4.78, 5) is 0. The Morgan fingerprint density at radius 2 is 1.50 bits per heavy atom. The van der Waals surface area contributed by atoms with E-state index in [1.165, 1.54) is 57.8 Å². The second kappa shape index (κ2) is 6.25. The highest BCUT2D eigenvalue weighted by atomic mass is 15.0. The first kappa shape index (κ1) is 11.9. The predicted molar refractivity (Wildman–Crippen MR) is 66.0 cm³/mol. The molecule has 0 saturated heterocycles. The van der Waals surface area contributed by atoms with Gasteiger partial charge in [0.15, 0.2) is 0 Å². The zero-order valence-electron chi connectivity index (χ0n) is 10.3. The monoisotopic (exact) mass is 220 g/mol. The Kier molecular flexibility index (Phi) is 4.66. The van der Waals surface area contributed by atoms with Crippen molar-refractivity contribution in [3.63, 3.8) is 0 Å². The van der Waals surface area contributed by atoms with Crippen molar-refractivity contribution >= 4 is 0 Å². The largest absolute Gasteiger partial charge is 0.311 e. The highest BCUT2D eigenvalue weighted by Crippen LogP contribution is 2.28. The molecule has 0 heterocycles. The lowest BCUT2D eigenvalue weighted by atomic mass is 9.83. The smallest absolute Gasteiger partial charge is 0.0624 e. The van der Waals surface area contributed by atoms with Crippen molar-refractivity contribution < 1.29 is 0 Å². The van der Waals surface area contributed by atoms with E-state index in [2.05, 4.69) is 11.4 Å². The molecule has 0 aromatic heterocycles. The van der Waals surface area contributed by atoms with Crippen LogP contribution in [0.4, 0.5) is 0 Å². The number of rotatable bonds is 3. The van der Waals surface area contributed by atoms with Gasteiger partial charge in [-0.05, 0) is 44.4 Å². The van der Waals surface area contributed by atoms with Gasteiger partial charge in [0.05, 0.1) is 6.07 Å². The fourth-order valence-electron chi connectivity index (χ4n) is 3.26. The third-order valence-corrected chi connectivity index (χ3v) is 4.30. The third-order valence-electron chi connectivity index (χ3n) is 4.30. The molecule has 0 amide bonds. The third kappa shape index (κ3) is 3.49. The van der Waals surface area contributed by atoms with Crippen molar-refractivity contribution in [2.24, 2.45) is 5.92 Å². The minimum Gasteiger partial charge on any atom is -0.311 e. The van der Waals surface area contributed by atoms with E-state index >= 15 is 0 Å². The second-order valence-corrected chi connectivity index (χ2v) is 5.58. The first-order valence-corrected chi connectivity index (χ1v) is 7.01. The van der Waals surface area contributed by atoms with Crippen LogP contribution in [0.2, 0.25) is 0 Å². The number of nitrogens with zero attached hydrogens (tertiary/aromatic N) is 1. The van der Waals surface area contributed by atoms with Crippen LogP contribution in [-0.2, 0) is 0 Å². The Morgan fingerprint density at radius 3 is 2.12 bits per heavy atom. The molecule has 0 atom stereocenters. The lowest BCUT2D eigenvalue weighted by Gasteiger charge is -2.33. The van der Waals surface area contributed by atoms with Gasteiger partial charge in [0.1, 0.15) is 0 Å². The summed E-state index contributed by atoms with van der Waals surface area (Å²) in [6.45, 7) is 0. The summed E-state index contributed by atoms with van der Waals surface area (Å²) in [5.41, 5.74) is 0. The molecule has 2 heteroatoms. The molecular formula is C14H24N2. The summed E-state index contributed by atoms with van der Waals surface area (Å²) < 4.78 is 0. The first-order chi connectivity index (χ1) is 7.88. The molecule has 0 radical (unpaired) electrons. The van der Waals surface area contributed by atoms with Crippen molar-refractivity contribution in [3.05, 3.63) is 0 Å². The Bertz CT molecular complexity index is 230. The summed E-state index contributed by atoms with van der Waals surface area (Å²) in [6, 6.07) is 3.86. The summed E-state index contributed by atoms with van der Waals surface area (Å²) >= 11 is 0. The summed E-state index contributed by atoms with van der Waals surface area (Å²) in [6.07, 6.45) is 12.9. The molecule has 2 saturated carbocycles. The van der Waals surface area contributed by atoms with E-state index in [1.807, 2.05) is 0 Å².